The number of imidazole rings is 1. The van der Waals surface area contributed by atoms with Crippen LogP contribution in [0.3, 0.4) is 0 Å². The van der Waals surface area contributed by atoms with Crippen molar-refractivity contribution in [3.63, 3.8) is 0 Å². The minimum atomic E-state index is -0.167. The van der Waals surface area contributed by atoms with Gasteiger partial charge in [-0.05, 0) is 24.6 Å². The molecule has 4 heteroatoms. The maximum atomic E-state index is 11.3. The number of hydrogen-bond donors (Lipinski definition) is 1. The summed E-state index contributed by atoms with van der Waals surface area (Å²) in [6.45, 7) is 7.06. The summed E-state index contributed by atoms with van der Waals surface area (Å²) < 4.78 is 2.22. The summed E-state index contributed by atoms with van der Waals surface area (Å²) in [6.07, 6.45) is 6.13. The van der Waals surface area contributed by atoms with Gasteiger partial charge in [0.15, 0.2) is 0 Å². The zero-order chi connectivity index (χ0) is 15.1. The highest BCUT2D eigenvalue weighted by molar-refractivity contribution is 5.86. The van der Waals surface area contributed by atoms with Gasteiger partial charge in [-0.1, -0.05) is 44.9 Å². The van der Waals surface area contributed by atoms with E-state index in [1.165, 1.54) is 25.3 Å². The first-order valence-electron chi connectivity index (χ1n) is 7.60. The number of rotatable bonds is 8. The molecule has 1 amide bonds. The van der Waals surface area contributed by atoms with Gasteiger partial charge in [0.05, 0.1) is 17.6 Å². The SMILES string of the molecule is C=CC(=O)NCc1nc2ccccc2n1CCCCCC. The van der Waals surface area contributed by atoms with E-state index in [0.717, 1.165) is 29.8 Å². The minimum absolute atomic E-state index is 0.167. The summed E-state index contributed by atoms with van der Waals surface area (Å²) in [7, 11) is 0. The van der Waals surface area contributed by atoms with Crippen molar-refractivity contribution in [1.29, 1.82) is 0 Å². The summed E-state index contributed by atoms with van der Waals surface area (Å²) in [4.78, 5) is 16.0. The molecule has 4 nitrogen and oxygen atoms in total. The monoisotopic (exact) mass is 285 g/mol. The standard InChI is InChI=1S/C17H23N3O/c1-3-5-6-9-12-20-15-11-8-7-10-14(15)19-16(20)13-18-17(21)4-2/h4,7-8,10-11H,2-3,5-6,9,12-13H2,1H3,(H,18,21). The van der Waals surface area contributed by atoms with Crippen LogP contribution in [0.1, 0.15) is 38.4 Å². The van der Waals surface area contributed by atoms with Gasteiger partial charge >= 0.3 is 0 Å². The first-order valence-corrected chi connectivity index (χ1v) is 7.60. The molecule has 1 aromatic carbocycles. The number of nitrogens with one attached hydrogen (secondary N) is 1. The molecule has 2 rings (SSSR count). The van der Waals surface area contributed by atoms with Gasteiger partial charge in [0.1, 0.15) is 5.82 Å². The third-order valence-corrected chi connectivity index (χ3v) is 3.58. The van der Waals surface area contributed by atoms with E-state index in [1.807, 2.05) is 18.2 Å². The number of carbonyl (C=O) groups is 1. The largest absolute Gasteiger partial charge is 0.345 e. The number of unbranched alkanes of at least 4 members (excludes halogenated alkanes) is 3. The normalized spacial score (nSPS) is 10.7. The van der Waals surface area contributed by atoms with Crippen LogP contribution < -0.4 is 5.32 Å². The molecular weight excluding hydrogens is 262 g/mol. The number of fused-ring (bicyclic) bond motifs is 1. The van der Waals surface area contributed by atoms with Crippen LogP contribution in [-0.2, 0) is 17.9 Å². The number of aryl methyl sites for hydroxylation is 1. The van der Waals surface area contributed by atoms with E-state index >= 15 is 0 Å². The average molecular weight is 285 g/mol. The summed E-state index contributed by atoms with van der Waals surface area (Å²) in [6, 6.07) is 8.11. The third kappa shape index (κ3) is 3.94. The van der Waals surface area contributed by atoms with Gasteiger partial charge in [-0.15, -0.1) is 0 Å². The lowest BCUT2D eigenvalue weighted by molar-refractivity contribution is -0.116. The number of hydrogen-bond acceptors (Lipinski definition) is 2. The lowest BCUT2D eigenvalue weighted by Crippen LogP contribution is -2.22. The van der Waals surface area contributed by atoms with Crippen LogP contribution in [0, 0.1) is 0 Å². The highest BCUT2D eigenvalue weighted by Gasteiger charge is 2.10. The Balaban J connectivity index is 2.17. The van der Waals surface area contributed by atoms with Crippen LogP contribution >= 0.6 is 0 Å². The Hall–Kier alpha value is -2.10. The number of nitrogens with zero attached hydrogens (tertiary/aromatic N) is 2. The number of aromatic nitrogens is 2. The van der Waals surface area contributed by atoms with Gasteiger partial charge < -0.3 is 9.88 Å². The first-order chi connectivity index (χ1) is 10.3. The second-order valence-electron chi connectivity index (χ2n) is 5.15. The molecule has 0 aliphatic heterocycles. The molecule has 0 saturated carbocycles. The van der Waals surface area contributed by atoms with Crippen molar-refractivity contribution >= 4 is 16.9 Å². The number of benzene rings is 1. The molecule has 0 bridgehead atoms. The summed E-state index contributed by atoms with van der Waals surface area (Å²) in [5, 5.41) is 2.81. The first kappa shape index (κ1) is 15.3. The molecule has 0 radical (unpaired) electrons. The molecular formula is C17H23N3O. The molecule has 0 fully saturated rings. The minimum Gasteiger partial charge on any atom is -0.345 e. The molecule has 0 aliphatic carbocycles. The van der Waals surface area contributed by atoms with Gasteiger partial charge in [-0.3, -0.25) is 4.79 Å². The molecule has 112 valence electrons. The van der Waals surface area contributed by atoms with Crippen molar-refractivity contribution in [3.05, 3.63) is 42.7 Å². The fraction of sp³-hybridized carbons (Fsp3) is 0.412. The predicted molar refractivity (Wildman–Crippen MR) is 85.9 cm³/mol. The Morgan fingerprint density at radius 2 is 2.14 bits per heavy atom. The average Bonchev–Trinajstić information content (AvgIpc) is 2.87. The van der Waals surface area contributed by atoms with Crippen LogP contribution in [0.25, 0.3) is 11.0 Å². The topological polar surface area (TPSA) is 46.9 Å². The number of amides is 1. The zero-order valence-electron chi connectivity index (χ0n) is 12.6. The second kappa shape index (κ2) is 7.62. The Kier molecular flexibility index (Phi) is 5.55. The highest BCUT2D eigenvalue weighted by atomic mass is 16.1. The quantitative estimate of drug-likeness (QED) is 0.596. The predicted octanol–water partition coefficient (Wildman–Crippen LogP) is 3.42. The van der Waals surface area contributed by atoms with E-state index in [-0.39, 0.29) is 5.91 Å². The summed E-state index contributed by atoms with van der Waals surface area (Å²) >= 11 is 0. The molecule has 0 saturated heterocycles. The maximum Gasteiger partial charge on any atom is 0.243 e. The van der Waals surface area contributed by atoms with Crippen molar-refractivity contribution < 1.29 is 4.79 Å². The van der Waals surface area contributed by atoms with E-state index in [9.17, 15) is 4.79 Å². The van der Waals surface area contributed by atoms with Crippen molar-refractivity contribution in [3.8, 4) is 0 Å². The lowest BCUT2D eigenvalue weighted by atomic mass is 10.2. The number of para-hydroxylation sites is 2. The third-order valence-electron chi connectivity index (χ3n) is 3.58. The van der Waals surface area contributed by atoms with Crippen molar-refractivity contribution in [2.75, 3.05) is 0 Å². The van der Waals surface area contributed by atoms with Crippen LogP contribution in [-0.4, -0.2) is 15.5 Å². The van der Waals surface area contributed by atoms with E-state index < -0.39 is 0 Å². The molecule has 0 unspecified atom stereocenters. The van der Waals surface area contributed by atoms with Gasteiger partial charge in [0, 0.05) is 6.54 Å². The van der Waals surface area contributed by atoms with Crippen molar-refractivity contribution in [2.45, 2.75) is 45.7 Å². The van der Waals surface area contributed by atoms with E-state index in [0.29, 0.717) is 6.54 Å². The molecule has 1 heterocycles. The Bertz CT molecular complexity index is 616. The van der Waals surface area contributed by atoms with Gasteiger partial charge in [-0.25, -0.2) is 4.98 Å². The van der Waals surface area contributed by atoms with Crippen molar-refractivity contribution in [1.82, 2.24) is 14.9 Å². The molecule has 0 atom stereocenters. The van der Waals surface area contributed by atoms with Gasteiger partial charge in [0.2, 0.25) is 5.91 Å². The second-order valence-corrected chi connectivity index (χ2v) is 5.15. The van der Waals surface area contributed by atoms with Crippen LogP contribution in [0.4, 0.5) is 0 Å². The Labute approximate surface area is 125 Å². The molecule has 1 aromatic heterocycles. The zero-order valence-corrected chi connectivity index (χ0v) is 12.6. The fourth-order valence-electron chi connectivity index (χ4n) is 2.44. The van der Waals surface area contributed by atoms with E-state index in [2.05, 4.69) is 34.4 Å². The molecule has 1 N–H and O–H groups in total. The summed E-state index contributed by atoms with van der Waals surface area (Å²) in [5.74, 6) is 0.738. The van der Waals surface area contributed by atoms with E-state index in [4.69, 9.17) is 0 Å². The van der Waals surface area contributed by atoms with E-state index in [1.54, 1.807) is 0 Å². The fourth-order valence-corrected chi connectivity index (χ4v) is 2.44. The molecule has 0 aliphatic rings. The van der Waals surface area contributed by atoms with Crippen LogP contribution in [0.2, 0.25) is 0 Å². The Morgan fingerprint density at radius 3 is 2.90 bits per heavy atom. The molecule has 21 heavy (non-hydrogen) atoms. The maximum absolute atomic E-state index is 11.3. The van der Waals surface area contributed by atoms with Gasteiger partial charge in [-0.2, -0.15) is 0 Å². The van der Waals surface area contributed by atoms with Gasteiger partial charge in [0.25, 0.3) is 0 Å². The Morgan fingerprint density at radius 1 is 1.33 bits per heavy atom. The summed E-state index contributed by atoms with van der Waals surface area (Å²) in [5.41, 5.74) is 2.12. The molecule has 0 spiro atoms. The smallest absolute Gasteiger partial charge is 0.243 e. The number of carbonyl (C=O) groups excluding carboxylic acids is 1. The van der Waals surface area contributed by atoms with Crippen LogP contribution in [0.15, 0.2) is 36.9 Å². The molecule has 2 aromatic rings. The van der Waals surface area contributed by atoms with Crippen LogP contribution in [0.5, 0.6) is 0 Å². The van der Waals surface area contributed by atoms with Crippen molar-refractivity contribution in [2.24, 2.45) is 0 Å². The lowest BCUT2D eigenvalue weighted by Gasteiger charge is -2.09. The highest BCUT2D eigenvalue weighted by Crippen LogP contribution is 2.17.